The van der Waals surface area contributed by atoms with Gasteiger partial charge in [-0.15, -0.1) is 0 Å². The van der Waals surface area contributed by atoms with Crippen molar-refractivity contribution in [3.8, 4) is 0 Å². The fourth-order valence-electron chi connectivity index (χ4n) is 3.16. The zero-order valence-electron chi connectivity index (χ0n) is 20.8. The van der Waals surface area contributed by atoms with Crippen LogP contribution in [0.1, 0.15) is 110 Å². The highest BCUT2D eigenvalue weighted by Crippen LogP contribution is 2.11. The van der Waals surface area contributed by atoms with Crippen LogP contribution in [0.25, 0.3) is 0 Å². The first-order chi connectivity index (χ1) is 15.7. The molecule has 0 N–H and O–H groups in total. The van der Waals surface area contributed by atoms with Crippen LogP contribution in [0, 0.1) is 0 Å². The first-order valence-electron chi connectivity index (χ1n) is 13.0. The molecule has 0 fully saturated rings. The maximum Gasteiger partial charge on any atom is 0.305 e. The Morgan fingerprint density at radius 3 is 1.81 bits per heavy atom. The fourth-order valence-corrected chi connectivity index (χ4v) is 3.56. The van der Waals surface area contributed by atoms with Crippen molar-refractivity contribution in [1.82, 2.24) is 0 Å². The molecule has 0 aliphatic carbocycles. The molecule has 0 heterocycles. The molecule has 0 spiro atoms. The van der Waals surface area contributed by atoms with Crippen molar-refractivity contribution in [3.05, 3.63) is 24.3 Å². The van der Waals surface area contributed by atoms with E-state index in [4.69, 9.17) is 14.2 Å². The quantitative estimate of drug-likeness (QED) is 0.0425. The van der Waals surface area contributed by atoms with Gasteiger partial charge in [0.15, 0.2) is 6.29 Å². The van der Waals surface area contributed by atoms with Crippen molar-refractivity contribution in [3.63, 3.8) is 0 Å². The summed E-state index contributed by atoms with van der Waals surface area (Å²) in [5.41, 5.74) is 0. The normalized spacial score (nSPS) is 11.9. The van der Waals surface area contributed by atoms with Crippen LogP contribution in [0.2, 0.25) is 0 Å². The van der Waals surface area contributed by atoms with Crippen LogP contribution in [-0.4, -0.2) is 37.4 Å². The molecular weight excluding hydrogens is 468 g/mol. The lowest BCUT2D eigenvalue weighted by Gasteiger charge is -2.18. The monoisotopic (exact) mass is 516 g/mol. The van der Waals surface area contributed by atoms with E-state index >= 15 is 0 Å². The molecule has 0 aliphatic rings. The summed E-state index contributed by atoms with van der Waals surface area (Å²) in [6, 6.07) is 0. The van der Waals surface area contributed by atoms with Gasteiger partial charge in [0.25, 0.3) is 0 Å². The molecule has 4 nitrogen and oxygen atoms in total. The predicted octanol–water partition coefficient (Wildman–Crippen LogP) is 8.29. The molecule has 0 atom stereocenters. The molecular formula is C27H49BrO4. The van der Waals surface area contributed by atoms with Crippen molar-refractivity contribution in [2.75, 3.05) is 25.2 Å². The van der Waals surface area contributed by atoms with Crippen LogP contribution in [-0.2, 0) is 19.0 Å². The second-order valence-corrected chi connectivity index (χ2v) is 8.93. The van der Waals surface area contributed by atoms with Gasteiger partial charge in [-0.05, 0) is 64.2 Å². The van der Waals surface area contributed by atoms with E-state index in [2.05, 4.69) is 54.1 Å². The van der Waals surface area contributed by atoms with Gasteiger partial charge in [-0.25, -0.2) is 0 Å². The predicted molar refractivity (Wildman–Crippen MR) is 139 cm³/mol. The van der Waals surface area contributed by atoms with Crippen LogP contribution in [0.5, 0.6) is 0 Å². The lowest BCUT2D eigenvalue weighted by atomic mass is 10.2. The Morgan fingerprint density at radius 1 is 0.719 bits per heavy atom. The largest absolute Gasteiger partial charge is 0.466 e. The number of carbonyl (C=O) groups excluding carboxylic acids is 1. The van der Waals surface area contributed by atoms with Crippen molar-refractivity contribution >= 4 is 21.9 Å². The molecule has 5 heteroatoms. The zero-order valence-corrected chi connectivity index (χ0v) is 22.4. The van der Waals surface area contributed by atoms with Gasteiger partial charge in [0.1, 0.15) is 0 Å². The van der Waals surface area contributed by atoms with E-state index in [-0.39, 0.29) is 12.3 Å². The lowest BCUT2D eigenvalue weighted by Crippen LogP contribution is -2.21. The number of ether oxygens (including phenoxy) is 3. The van der Waals surface area contributed by atoms with Crippen molar-refractivity contribution in [1.29, 1.82) is 0 Å². The van der Waals surface area contributed by atoms with Gasteiger partial charge in [0.05, 0.1) is 13.0 Å². The Hall–Kier alpha value is -0.650. The molecule has 188 valence electrons. The van der Waals surface area contributed by atoms with Gasteiger partial charge in [0.2, 0.25) is 0 Å². The molecule has 0 saturated carbocycles. The molecule has 0 aromatic rings. The molecule has 32 heavy (non-hydrogen) atoms. The average molecular weight is 518 g/mol. The van der Waals surface area contributed by atoms with E-state index in [1.807, 2.05) is 0 Å². The van der Waals surface area contributed by atoms with Crippen LogP contribution >= 0.6 is 15.9 Å². The maximum absolute atomic E-state index is 12.1. The summed E-state index contributed by atoms with van der Waals surface area (Å²) in [6.07, 6.45) is 23.8. The maximum atomic E-state index is 12.1. The van der Waals surface area contributed by atoms with Crippen molar-refractivity contribution in [2.45, 2.75) is 116 Å². The smallest absolute Gasteiger partial charge is 0.305 e. The molecule has 0 aromatic carbocycles. The lowest BCUT2D eigenvalue weighted by molar-refractivity contribution is -0.159. The van der Waals surface area contributed by atoms with Crippen LogP contribution in [0.3, 0.4) is 0 Å². The molecule has 0 unspecified atom stereocenters. The molecule has 0 amide bonds. The summed E-state index contributed by atoms with van der Waals surface area (Å²) in [5.74, 6) is -0.142. The SMILES string of the molecule is CC/C=C\CCCCOC(CCC(=O)OCCCCCCCBr)OCCCC/C=C\CC. The minimum Gasteiger partial charge on any atom is -0.466 e. The molecule has 0 saturated heterocycles. The number of hydrogen-bond acceptors (Lipinski definition) is 4. The third kappa shape index (κ3) is 24.0. The molecule has 0 aromatic heterocycles. The first-order valence-corrected chi connectivity index (χ1v) is 14.1. The van der Waals surface area contributed by atoms with E-state index in [0.717, 1.165) is 69.5 Å². The number of allylic oxidation sites excluding steroid dienone is 4. The number of esters is 1. The standard InChI is InChI=1S/C27H49BrO4/c1-3-5-7-9-13-18-24-31-27(32-25-19-14-10-8-6-4-2)21-20-26(29)30-23-17-15-11-12-16-22-28/h5-8,27H,3-4,9-25H2,1-2H3/b7-5-,8-6-. The topological polar surface area (TPSA) is 44.8 Å². The van der Waals surface area contributed by atoms with Gasteiger partial charge in [-0.1, -0.05) is 73.3 Å². The van der Waals surface area contributed by atoms with E-state index in [0.29, 0.717) is 32.7 Å². The van der Waals surface area contributed by atoms with E-state index in [9.17, 15) is 4.79 Å². The van der Waals surface area contributed by atoms with E-state index in [1.165, 1.54) is 19.3 Å². The summed E-state index contributed by atoms with van der Waals surface area (Å²) in [6.45, 7) is 6.17. The number of hydrogen-bond donors (Lipinski definition) is 0. The minimum absolute atomic E-state index is 0.142. The highest BCUT2D eigenvalue weighted by Gasteiger charge is 2.13. The zero-order chi connectivity index (χ0) is 23.5. The number of carbonyl (C=O) groups is 1. The second kappa shape index (κ2) is 26.6. The second-order valence-electron chi connectivity index (χ2n) is 8.14. The van der Waals surface area contributed by atoms with Crippen LogP contribution in [0.15, 0.2) is 24.3 Å². The summed E-state index contributed by atoms with van der Waals surface area (Å²) in [5, 5.41) is 1.07. The van der Waals surface area contributed by atoms with Crippen molar-refractivity contribution in [2.24, 2.45) is 0 Å². The summed E-state index contributed by atoms with van der Waals surface area (Å²) >= 11 is 3.45. The van der Waals surface area contributed by atoms with Gasteiger partial charge < -0.3 is 14.2 Å². The number of rotatable bonds is 24. The number of unbranched alkanes of at least 4 members (excludes halogenated alkanes) is 8. The summed E-state index contributed by atoms with van der Waals surface area (Å²) < 4.78 is 17.3. The Labute approximate surface area is 206 Å². The van der Waals surface area contributed by atoms with Gasteiger partial charge in [0, 0.05) is 25.0 Å². The Kier molecular flexibility index (Phi) is 26.1. The highest BCUT2D eigenvalue weighted by atomic mass is 79.9. The van der Waals surface area contributed by atoms with Crippen molar-refractivity contribution < 1.29 is 19.0 Å². The van der Waals surface area contributed by atoms with E-state index < -0.39 is 0 Å². The Morgan fingerprint density at radius 2 is 1.25 bits per heavy atom. The van der Waals surface area contributed by atoms with Gasteiger partial charge in [-0.3, -0.25) is 4.79 Å². The highest BCUT2D eigenvalue weighted by molar-refractivity contribution is 9.09. The van der Waals surface area contributed by atoms with Gasteiger partial charge in [-0.2, -0.15) is 0 Å². The van der Waals surface area contributed by atoms with Crippen LogP contribution in [0.4, 0.5) is 0 Å². The first kappa shape index (κ1) is 31.4. The fraction of sp³-hybridized carbons (Fsp3) is 0.815. The third-order valence-electron chi connectivity index (χ3n) is 5.07. The Bertz CT molecular complexity index is 427. The third-order valence-corrected chi connectivity index (χ3v) is 5.63. The minimum atomic E-state index is -0.316. The van der Waals surface area contributed by atoms with E-state index in [1.54, 1.807) is 0 Å². The van der Waals surface area contributed by atoms with Gasteiger partial charge >= 0.3 is 5.97 Å². The molecule has 0 rings (SSSR count). The molecule has 0 aliphatic heterocycles. The summed E-state index contributed by atoms with van der Waals surface area (Å²) in [7, 11) is 0. The number of halogens is 1. The Balaban J connectivity index is 4.05. The number of alkyl halides is 1. The average Bonchev–Trinajstić information content (AvgIpc) is 2.80. The van der Waals surface area contributed by atoms with Crippen LogP contribution < -0.4 is 0 Å². The molecule has 0 bridgehead atoms. The summed E-state index contributed by atoms with van der Waals surface area (Å²) in [4.78, 5) is 12.1. The molecule has 0 radical (unpaired) electrons.